The fraction of sp³-hybridized carbons (Fsp3) is 0.467. The van der Waals surface area contributed by atoms with Gasteiger partial charge in [0.25, 0.3) is 0 Å². The van der Waals surface area contributed by atoms with Crippen molar-refractivity contribution in [3.63, 3.8) is 0 Å². The quantitative estimate of drug-likeness (QED) is 0.780. The Morgan fingerprint density at radius 3 is 2.71 bits per heavy atom. The van der Waals surface area contributed by atoms with Crippen LogP contribution < -0.4 is 16.4 Å². The van der Waals surface area contributed by atoms with E-state index in [1.165, 1.54) is 0 Å². The van der Waals surface area contributed by atoms with Crippen LogP contribution in [0.25, 0.3) is 0 Å². The van der Waals surface area contributed by atoms with Gasteiger partial charge >= 0.3 is 6.03 Å². The molecule has 1 aromatic carbocycles. The maximum Gasteiger partial charge on any atom is 0.321 e. The number of carbonyl (C=O) groups excluding carboxylic acids is 2. The van der Waals surface area contributed by atoms with E-state index in [0.717, 1.165) is 37.2 Å². The smallest absolute Gasteiger partial charge is 0.321 e. The van der Waals surface area contributed by atoms with Crippen molar-refractivity contribution < 1.29 is 9.59 Å². The first-order valence-electron chi connectivity index (χ1n) is 7.24. The molecule has 114 valence electrons. The van der Waals surface area contributed by atoms with Crippen molar-refractivity contribution in [1.82, 2.24) is 10.2 Å². The van der Waals surface area contributed by atoms with E-state index in [-0.39, 0.29) is 11.9 Å². The lowest BCUT2D eigenvalue weighted by molar-refractivity contribution is -0.122. The first kappa shape index (κ1) is 15.3. The van der Waals surface area contributed by atoms with Gasteiger partial charge in [-0.05, 0) is 37.5 Å². The number of nitrogens with two attached hydrogens (primary N) is 1. The number of rotatable bonds is 4. The molecule has 21 heavy (non-hydrogen) atoms. The standard InChI is InChI=1S/C15H22N4O2/c1-11(16)14(20)17-10-12-5-4-6-13(9-12)18-15(21)19-7-2-3-8-19/h4-6,9,11H,2-3,7-8,10,16H2,1H3,(H,17,20)(H,18,21)/t11-/m0/s1. The van der Waals surface area contributed by atoms with E-state index >= 15 is 0 Å². The molecule has 1 fully saturated rings. The molecule has 1 aliphatic heterocycles. The van der Waals surface area contributed by atoms with Gasteiger partial charge in [0.2, 0.25) is 5.91 Å². The number of carbonyl (C=O) groups is 2. The fourth-order valence-corrected chi connectivity index (χ4v) is 2.23. The number of anilines is 1. The Balaban J connectivity index is 1.91. The van der Waals surface area contributed by atoms with Crippen molar-refractivity contribution in [3.8, 4) is 0 Å². The summed E-state index contributed by atoms with van der Waals surface area (Å²) in [6.45, 7) is 3.67. The van der Waals surface area contributed by atoms with Gasteiger partial charge in [-0.3, -0.25) is 4.79 Å². The number of hydrogen-bond acceptors (Lipinski definition) is 3. The summed E-state index contributed by atoms with van der Waals surface area (Å²) in [4.78, 5) is 25.3. The summed E-state index contributed by atoms with van der Waals surface area (Å²) in [5.74, 6) is -0.193. The van der Waals surface area contributed by atoms with E-state index in [2.05, 4.69) is 10.6 Å². The maximum atomic E-state index is 12.0. The molecule has 1 saturated heterocycles. The zero-order valence-electron chi connectivity index (χ0n) is 12.3. The van der Waals surface area contributed by atoms with E-state index in [1.54, 1.807) is 6.92 Å². The van der Waals surface area contributed by atoms with E-state index in [4.69, 9.17) is 5.73 Å². The molecule has 6 nitrogen and oxygen atoms in total. The summed E-state index contributed by atoms with van der Waals surface area (Å²) in [5, 5.41) is 5.63. The van der Waals surface area contributed by atoms with Gasteiger partial charge in [-0.25, -0.2) is 4.79 Å². The summed E-state index contributed by atoms with van der Waals surface area (Å²) < 4.78 is 0. The summed E-state index contributed by atoms with van der Waals surface area (Å²) in [7, 11) is 0. The highest BCUT2D eigenvalue weighted by atomic mass is 16.2. The fourth-order valence-electron chi connectivity index (χ4n) is 2.23. The van der Waals surface area contributed by atoms with E-state index in [1.807, 2.05) is 29.2 Å². The SMILES string of the molecule is C[C@H](N)C(=O)NCc1cccc(NC(=O)N2CCCC2)c1. The Bertz CT molecular complexity index is 510. The van der Waals surface area contributed by atoms with Crippen LogP contribution in [0.5, 0.6) is 0 Å². The minimum absolute atomic E-state index is 0.0655. The molecular formula is C15H22N4O2. The molecule has 0 saturated carbocycles. The number of benzene rings is 1. The van der Waals surface area contributed by atoms with Gasteiger partial charge in [0.1, 0.15) is 0 Å². The van der Waals surface area contributed by atoms with Crippen LogP contribution in [-0.4, -0.2) is 36.0 Å². The van der Waals surface area contributed by atoms with Crippen molar-refractivity contribution in [2.45, 2.75) is 32.4 Å². The summed E-state index contributed by atoms with van der Waals surface area (Å²) in [6, 6.07) is 6.85. The van der Waals surface area contributed by atoms with Gasteiger partial charge in [-0.2, -0.15) is 0 Å². The van der Waals surface area contributed by atoms with Gasteiger partial charge in [-0.1, -0.05) is 12.1 Å². The first-order valence-corrected chi connectivity index (χ1v) is 7.24. The maximum absolute atomic E-state index is 12.0. The third-order valence-electron chi connectivity index (χ3n) is 3.45. The van der Waals surface area contributed by atoms with Crippen molar-refractivity contribution in [2.75, 3.05) is 18.4 Å². The average molecular weight is 290 g/mol. The van der Waals surface area contributed by atoms with Gasteiger partial charge < -0.3 is 21.3 Å². The highest BCUT2D eigenvalue weighted by Crippen LogP contribution is 2.14. The molecule has 6 heteroatoms. The molecule has 0 aromatic heterocycles. The summed E-state index contributed by atoms with van der Waals surface area (Å²) >= 11 is 0. The second kappa shape index (κ2) is 7.08. The monoisotopic (exact) mass is 290 g/mol. The minimum atomic E-state index is -0.525. The topological polar surface area (TPSA) is 87.5 Å². The molecule has 0 bridgehead atoms. The van der Waals surface area contributed by atoms with E-state index < -0.39 is 6.04 Å². The predicted molar refractivity (Wildman–Crippen MR) is 81.8 cm³/mol. The molecule has 4 N–H and O–H groups in total. The molecular weight excluding hydrogens is 268 g/mol. The highest BCUT2D eigenvalue weighted by molar-refractivity contribution is 5.89. The van der Waals surface area contributed by atoms with Crippen LogP contribution >= 0.6 is 0 Å². The summed E-state index contributed by atoms with van der Waals surface area (Å²) in [6.07, 6.45) is 2.13. The van der Waals surface area contributed by atoms with Crippen LogP contribution in [-0.2, 0) is 11.3 Å². The molecule has 1 aliphatic rings. The largest absolute Gasteiger partial charge is 0.351 e. The van der Waals surface area contributed by atoms with E-state index in [0.29, 0.717) is 6.54 Å². The number of amides is 3. The molecule has 1 heterocycles. The van der Waals surface area contributed by atoms with Gasteiger partial charge in [-0.15, -0.1) is 0 Å². The number of nitrogens with zero attached hydrogens (tertiary/aromatic N) is 1. The predicted octanol–water partition coefficient (Wildman–Crippen LogP) is 1.28. The third kappa shape index (κ3) is 4.46. The first-order chi connectivity index (χ1) is 10.1. The number of nitrogens with one attached hydrogen (secondary N) is 2. The Kier molecular flexibility index (Phi) is 5.16. The molecule has 1 atom stereocenters. The zero-order valence-corrected chi connectivity index (χ0v) is 12.3. The molecule has 0 unspecified atom stereocenters. The number of urea groups is 1. The van der Waals surface area contributed by atoms with Crippen LogP contribution in [0.15, 0.2) is 24.3 Å². The van der Waals surface area contributed by atoms with Gasteiger partial charge in [0.05, 0.1) is 6.04 Å². The second-order valence-corrected chi connectivity index (χ2v) is 5.33. The average Bonchev–Trinajstić information content (AvgIpc) is 2.99. The Labute approximate surface area is 124 Å². The van der Waals surface area contributed by atoms with Crippen LogP contribution in [0.2, 0.25) is 0 Å². The van der Waals surface area contributed by atoms with Crippen LogP contribution in [0.4, 0.5) is 10.5 Å². The lowest BCUT2D eigenvalue weighted by Crippen LogP contribution is -2.37. The van der Waals surface area contributed by atoms with E-state index in [9.17, 15) is 9.59 Å². The van der Waals surface area contributed by atoms with Crippen molar-refractivity contribution in [1.29, 1.82) is 0 Å². The number of hydrogen-bond donors (Lipinski definition) is 3. The molecule has 0 radical (unpaired) electrons. The molecule has 3 amide bonds. The Morgan fingerprint density at radius 1 is 1.33 bits per heavy atom. The van der Waals surface area contributed by atoms with Crippen molar-refractivity contribution in [2.24, 2.45) is 5.73 Å². The lowest BCUT2D eigenvalue weighted by atomic mass is 10.2. The highest BCUT2D eigenvalue weighted by Gasteiger charge is 2.17. The van der Waals surface area contributed by atoms with Gasteiger partial charge in [0.15, 0.2) is 0 Å². The van der Waals surface area contributed by atoms with Crippen LogP contribution in [0, 0.1) is 0 Å². The van der Waals surface area contributed by atoms with Gasteiger partial charge in [0, 0.05) is 25.3 Å². The van der Waals surface area contributed by atoms with Crippen LogP contribution in [0.3, 0.4) is 0 Å². The molecule has 0 spiro atoms. The number of likely N-dealkylation sites (tertiary alicyclic amines) is 1. The Morgan fingerprint density at radius 2 is 2.05 bits per heavy atom. The normalized spacial score (nSPS) is 15.6. The zero-order chi connectivity index (χ0) is 15.2. The van der Waals surface area contributed by atoms with Crippen molar-refractivity contribution in [3.05, 3.63) is 29.8 Å². The molecule has 0 aliphatic carbocycles. The lowest BCUT2D eigenvalue weighted by Gasteiger charge is -2.16. The van der Waals surface area contributed by atoms with Crippen molar-refractivity contribution >= 4 is 17.6 Å². The second-order valence-electron chi connectivity index (χ2n) is 5.33. The Hall–Kier alpha value is -2.08. The molecule has 1 aromatic rings. The summed E-state index contributed by atoms with van der Waals surface area (Å²) in [5.41, 5.74) is 7.15. The third-order valence-corrected chi connectivity index (χ3v) is 3.45. The van der Waals surface area contributed by atoms with Crippen LogP contribution in [0.1, 0.15) is 25.3 Å². The minimum Gasteiger partial charge on any atom is -0.351 e. The molecule has 2 rings (SSSR count).